The minimum atomic E-state index is -2.12. The number of hydrogen-bond donors (Lipinski definition) is 1. The lowest BCUT2D eigenvalue weighted by atomic mass is 9.85. The number of aldehydes is 1. The van der Waals surface area contributed by atoms with Crippen LogP contribution in [0.2, 0.25) is 0 Å². The summed E-state index contributed by atoms with van der Waals surface area (Å²) in [4.78, 5) is 50.2. The lowest BCUT2D eigenvalue weighted by molar-refractivity contribution is -0.139. The largest absolute Gasteiger partial charge is 0.497 e. The van der Waals surface area contributed by atoms with Crippen LogP contribution in [0.3, 0.4) is 0 Å². The number of rotatable bonds is 3. The lowest BCUT2D eigenvalue weighted by Crippen LogP contribution is -2.56. The molecule has 8 atom stereocenters. The molecule has 0 spiro atoms. The van der Waals surface area contributed by atoms with Crippen molar-refractivity contribution in [2.45, 2.75) is 109 Å². The van der Waals surface area contributed by atoms with Gasteiger partial charge >= 0.3 is 6.09 Å². The quantitative estimate of drug-likeness (QED) is 0.432. The van der Waals surface area contributed by atoms with Gasteiger partial charge in [0.15, 0.2) is 6.17 Å². The van der Waals surface area contributed by atoms with Gasteiger partial charge < -0.3 is 29.2 Å². The highest BCUT2D eigenvalue weighted by atomic mass is 19.2. The summed E-state index contributed by atoms with van der Waals surface area (Å²) in [6, 6.07) is 3.06. The van der Waals surface area contributed by atoms with Crippen LogP contribution in [0.15, 0.2) is 18.2 Å². The van der Waals surface area contributed by atoms with Gasteiger partial charge in [-0.25, -0.2) is 23.5 Å². The van der Waals surface area contributed by atoms with Crippen LogP contribution in [0.1, 0.15) is 84.5 Å². The van der Waals surface area contributed by atoms with E-state index in [0.717, 1.165) is 12.8 Å². The normalized spacial score (nSPS) is 31.6. The minimum Gasteiger partial charge on any atom is -0.497 e. The predicted octanol–water partition coefficient (Wildman–Crippen LogP) is 5.66. The van der Waals surface area contributed by atoms with Crippen LogP contribution < -0.4 is 14.8 Å². The van der Waals surface area contributed by atoms with E-state index in [4.69, 9.17) is 14.2 Å². The van der Waals surface area contributed by atoms with Crippen molar-refractivity contribution in [2.24, 2.45) is 17.3 Å². The molecular formula is C33H44F2N4O6. The van der Waals surface area contributed by atoms with Crippen molar-refractivity contribution in [3.63, 3.8) is 0 Å². The molecule has 1 saturated carbocycles. The van der Waals surface area contributed by atoms with Gasteiger partial charge in [-0.15, -0.1) is 0 Å². The van der Waals surface area contributed by atoms with E-state index >= 15 is 8.78 Å². The highest BCUT2D eigenvalue weighted by molar-refractivity contribution is 5.89. The van der Waals surface area contributed by atoms with E-state index in [1.807, 2.05) is 27.7 Å². The van der Waals surface area contributed by atoms with Crippen molar-refractivity contribution in [3.8, 4) is 11.6 Å². The first kappa shape index (κ1) is 32.8. The summed E-state index contributed by atoms with van der Waals surface area (Å²) in [6.45, 7) is 7.33. The molecule has 45 heavy (non-hydrogen) atoms. The number of hydrogen-bond acceptors (Lipinski definition) is 8. The monoisotopic (exact) mass is 630 g/mol. The zero-order chi connectivity index (χ0) is 32.5. The number of methoxy groups -OCH3 is 1. The van der Waals surface area contributed by atoms with Gasteiger partial charge in [0.1, 0.15) is 42.2 Å². The number of carbonyl (C=O) groups is 3. The van der Waals surface area contributed by atoms with Crippen LogP contribution >= 0.6 is 0 Å². The summed E-state index contributed by atoms with van der Waals surface area (Å²) in [5, 5.41) is 2.79. The summed E-state index contributed by atoms with van der Waals surface area (Å²) in [7, 11) is 1.51. The number of benzene rings is 1. The Kier molecular flexibility index (Phi) is 9.79. The first-order valence-electron chi connectivity index (χ1n) is 16.0. The Bertz CT molecular complexity index is 1400. The molecule has 2 unspecified atom stereocenters. The Morgan fingerprint density at radius 3 is 2.44 bits per heavy atom. The van der Waals surface area contributed by atoms with E-state index in [1.54, 1.807) is 18.2 Å². The summed E-state index contributed by atoms with van der Waals surface area (Å²) in [5.41, 5.74) is -0.254. The topological polar surface area (TPSA) is 120 Å². The molecule has 1 N–H and O–H groups in total. The summed E-state index contributed by atoms with van der Waals surface area (Å²) in [5.74, 6) is -0.602. The van der Waals surface area contributed by atoms with Crippen molar-refractivity contribution in [2.75, 3.05) is 13.7 Å². The van der Waals surface area contributed by atoms with E-state index in [0.29, 0.717) is 48.8 Å². The number of halogens is 2. The van der Waals surface area contributed by atoms with E-state index in [9.17, 15) is 14.4 Å². The van der Waals surface area contributed by atoms with Gasteiger partial charge in [-0.1, -0.05) is 34.1 Å². The highest BCUT2D eigenvalue weighted by Gasteiger charge is 2.49. The van der Waals surface area contributed by atoms with Gasteiger partial charge in [-0.05, 0) is 62.0 Å². The summed E-state index contributed by atoms with van der Waals surface area (Å²) in [6.07, 6.45) is -1.49. The average molecular weight is 631 g/mol. The van der Waals surface area contributed by atoms with Crippen LogP contribution in [-0.2, 0) is 14.3 Å². The van der Waals surface area contributed by atoms with Gasteiger partial charge in [-0.3, -0.25) is 4.79 Å². The standard InChI is InChI=1S/C33H44F2N4O6/c1-6-20-24(17-40)39-16-26(20)44-30-28(36-22-14-13-19(43-5)15-23(22)37-30)27(35)21(34)11-7-9-18-10-8-12-25(18)45-32(42)38-29(31(39)41)33(2,3)4/h13-15,17-18,20-21,24-27,29H,6-12,16H2,1-5H3,(H,38,42)/t18-,20+,21?,24-,25-,26+,27?,29-/m1/s1. The lowest BCUT2D eigenvalue weighted by Gasteiger charge is -2.35. The molecule has 1 saturated heterocycles. The number of ether oxygens (including phenoxy) is 3. The molecule has 3 heterocycles. The number of nitrogens with zero attached hydrogens (tertiary/aromatic N) is 3. The SMILES string of the molecule is CC[C@@H]1[C@@H]2CN(C(=O)[C@H](C(C)(C)C)NC(=O)O[C@@H]3CCC[C@H]3CCCC(F)C(F)c3nc4ccc(OC)cc4nc3O2)[C@@H]1C=O. The Labute approximate surface area is 262 Å². The van der Waals surface area contributed by atoms with Gasteiger partial charge in [0.2, 0.25) is 11.8 Å². The van der Waals surface area contributed by atoms with E-state index in [1.165, 1.54) is 12.0 Å². The fourth-order valence-corrected chi connectivity index (χ4v) is 7.00. The van der Waals surface area contributed by atoms with Crippen LogP contribution in [0, 0.1) is 17.3 Å². The maximum atomic E-state index is 16.0. The average Bonchev–Trinajstić information content (AvgIpc) is 3.60. The van der Waals surface area contributed by atoms with Gasteiger partial charge in [-0.2, -0.15) is 0 Å². The first-order valence-corrected chi connectivity index (χ1v) is 16.0. The van der Waals surface area contributed by atoms with Crippen molar-refractivity contribution >= 4 is 29.3 Å². The number of nitrogens with one attached hydrogen (secondary N) is 1. The van der Waals surface area contributed by atoms with E-state index in [2.05, 4.69) is 15.3 Å². The highest BCUT2D eigenvalue weighted by Crippen LogP contribution is 2.39. The fraction of sp³-hybridized carbons (Fsp3) is 0.667. The molecular weight excluding hydrogens is 586 g/mol. The summed E-state index contributed by atoms with van der Waals surface area (Å²) >= 11 is 0. The molecule has 2 fully saturated rings. The van der Waals surface area contributed by atoms with Crippen molar-refractivity contribution < 1.29 is 37.4 Å². The number of fused-ring (bicyclic) bond motifs is 5. The first-order chi connectivity index (χ1) is 21.4. The maximum absolute atomic E-state index is 16.0. The number of alkyl halides is 2. The number of aromatic nitrogens is 2. The van der Waals surface area contributed by atoms with Crippen LogP contribution in [-0.4, -0.2) is 77.3 Å². The molecule has 2 aromatic rings. The van der Waals surface area contributed by atoms with E-state index in [-0.39, 0.29) is 36.6 Å². The molecule has 12 heteroatoms. The second-order valence-electron chi connectivity index (χ2n) is 13.5. The minimum absolute atomic E-state index is 0.00196. The molecule has 2 aliphatic heterocycles. The third-order valence-electron chi connectivity index (χ3n) is 9.53. The molecule has 246 valence electrons. The zero-order valence-corrected chi connectivity index (χ0v) is 26.6. The van der Waals surface area contributed by atoms with Crippen molar-refractivity contribution in [1.29, 1.82) is 0 Å². The zero-order valence-electron chi connectivity index (χ0n) is 26.6. The Balaban J connectivity index is 1.58. The Hall–Kier alpha value is -3.57. The number of amides is 2. The Morgan fingerprint density at radius 1 is 1.04 bits per heavy atom. The smallest absolute Gasteiger partial charge is 0.408 e. The molecule has 5 rings (SSSR count). The molecule has 10 nitrogen and oxygen atoms in total. The second-order valence-corrected chi connectivity index (χ2v) is 13.5. The number of alkyl carbamates (subject to hydrolysis) is 1. The number of carbonyl (C=O) groups excluding carboxylic acids is 3. The molecule has 3 aliphatic rings. The molecule has 1 aromatic heterocycles. The van der Waals surface area contributed by atoms with Crippen LogP contribution in [0.25, 0.3) is 11.0 Å². The maximum Gasteiger partial charge on any atom is 0.408 e. The Morgan fingerprint density at radius 2 is 1.78 bits per heavy atom. The second kappa shape index (κ2) is 13.4. The van der Waals surface area contributed by atoms with Crippen LogP contribution in [0.5, 0.6) is 11.6 Å². The molecule has 2 bridgehead atoms. The molecule has 1 aromatic carbocycles. The summed E-state index contributed by atoms with van der Waals surface area (Å²) < 4.78 is 49.0. The predicted molar refractivity (Wildman–Crippen MR) is 162 cm³/mol. The molecule has 0 radical (unpaired) electrons. The molecule has 1 aliphatic carbocycles. The third kappa shape index (κ3) is 6.84. The van der Waals surface area contributed by atoms with Crippen molar-refractivity contribution in [3.05, 3.63) is 23.9 Å². The van der Waals surface area contributed by atoms with Crippen molar-refractivity contribution in [1.82, 2.24) is 20.2 Å². The third-order valence-corrected chi connectivity index (χ3v) is 9.53. The van der Waals surface area contributed by atoms with Gasteiger partial charge in [0.25, 0.3) is 0 Å². The van der Waals surface area contributed by atoms with E-state index < -0.39 is 53.9 Å². The molecule has 2 amide bonds. The fourth-order valence-electron chi connectivity index (χ4n) is 7.00. The van der Waals surface area contributed by atoms with Gasteiger partial charge in [0, 0.05) is 12.0 Å². The van der Waals surface area contributed by atoms with Gasteiger partial charge in [0.05, 0.1) is 30.7 Å². The van der Waals surface area contributed by atoms with Crippen LogP contribution in [0.4, 0.5) is 13.6 Å².